The second kappa shape index (κ2) is 5.19. The Kier molecular flexibility index (Phi) is 4.28. The fraction of sp³-hybridized carbons (Fsp3) is 0.400. The normalized spacial score (nSPS) is 12.7. The van der Waals surface area contributed by atoms with Crippen LogP contribution in [-0.2, 0) is 10.0 Å². The van der Waals surface area contributed by atoms with Crippen LogP contribution < -0.4 is 10.5 Å². The maximum absolute atomic E-state index is 13.5. The quantitative estimate of drug-likeness (QED) is 0.539. The number of halogens is 1. The number of rotatable bonds is 5. The average molecular weight is 278 g/mol. The second-order valence-electron chi connectivity index (χ2n) is 4.17. The van der Waals surface area contributed by atoms with Crippen LogP contribution in [0.25, 0.3) is 0 Å². The Morgan fingerprint density at radius 2 is 1.94 bits per heavy atom. The summed E-state index contributed by atoms with van der Waals surface area (Å²) in [5, 5.41) is 18.0. The highest BCUT2D eigenvalue weighted by atomic mass is 32.2. The molecular weight excluding hydrogens is 263 g/mol. The van der Waals surface area contributed by atoms with E-state index < -0.39 is 39.5 Å². The average Bonchev–Trinajstić information content (AvgIpc) is 2.27. The van der Waals surface area contributed by atoms with Crippen LogP contribution in [0.1, 0.15) is 6.92 Å². The minimum absolute atomic E-state index is 0.0959. The van der Waals surface area contributed by atoms with Crippen LogP contribution in [0.15, 0.2) is 23.1 Å². The Labute approximate surface area is 104 Å². The van der Waals surface area contributed by atoms with Gasteiger partial charge >= 0.3 is 0 Å². The molecule has 0 fully saturated rings. The molecule has 0 unspecified atom stereocenters. The molecule has 0 spiro atoms. The molecule has 0 amide bonds. The van der Waals surface area contributed by atoms with Crippen molar-refractivity contribution in [3.8, 4) is 0 Å². The van der Waals surface area contributed by atoms with Gasteiger partial charge in [-0.05, 0) is 25.1 Å². The lowest BCUT2D eigenvalue weighted by molar-refractivity contribution is 0.121. The summed E-state index contributed by atoms with van der Waals surface area (Å²) in [6, 6.07) is 3.14. The van der Waals surface area contributed by atoms with Crippen LogP contribution in [0.2, 0.25) is 0 Å². The fourth-order valence-corrected chi connectivity index (χ4v) is 2.68. The summed E-state index contributed by atoms with van der Waals surface area (Å²) in [5.41, 5.74) is 3.95. The predicted octanol–water partition coefficient (Wildman–Crippen LogP) is -0.571. The van der Waals surface area contributed by atoms with Crippen molar-refractivity contribution in [1.82, 2.24) is 4.72 Å². The highest BCUT2D eigenvalue weighted by molar-refractivity contribution is 7.89. The molecule has 6 nitrogen and oxygen atoms in total. The van der Waals surface area contributed by atoms with E-state index >= 15 is 0 Å². The molecule has 0 aliphatic heterocycles. The zero-order valence-electron chi connectivity index (χ0n) is 9.72. The summed E-state index contributed by atoms with van der Waals surface area (Å²) in [6.07, 6.45) is 0. The summed E-state index contributed by atoms with van der Waals surface area (Å²) >= 11 is 0. The van der Waals surface area contributed by atoms with Gasteiger partial charge in [-0.2, -0.15) is 0 Å². The molecule has 1 rings (SSSR count). The zero-order chi connectivity index (χ0) is 14.0. The third-order valence-electron chi connectivity index (χ3n) is 2.32. The van der Waals surface area contributed by atoms with Crippen molar-refractivity contribution in [2.45, 2.75) is 17.4 Å². The minimum atomic E-state index is -4.19. The Balaban J connectivity index is 3.15. The zero-order valence-corrected chi connectivity index (χ0v) is 10.5. The van der Waals surface area contributed by atoms with Crippen molar-refractivity contribution in [2.24, 2.45) is 0 Å². The van der Waals surface area contributed by atoms with Crippen molar-refractivity contribution >= 4 is 15.7 Å². The van der Waals surface area contributed by atoms with Gasteiger partial charge in [0, 0.05) is 5.69 Å². The van der Waals surface area contributed by atoms with Crippen LogP contribution in [0, 0.1) is 5.82 Å². The van der Waals surface area contributed by atoms with Crippen molar-refractivity contribution < 1.29 is 23.0 Å². The first-order valence-electron chi connectivity index (χ1n) is 5.05. The first-order valence-corrected chi connectivity index (χ1v) is 6.53. The van der Waals surface area contributed by atoms with E-state index in [0.717, 1.165) is 12.1 Å². The molecule has 0 heterocycles. The van der Waals surface area contributed by atoms with Gasteiger partial charge in [-0.25, -0.2) is 17.5 Å². The van der Waals surface area contributed by atoms with E-state index in [2.05, 4.69) is 0 Å². The van der Waals surface area contributed by atoms with Gasteiger partial charge < -0.3 is 15.9 Å². The van der Waals surface area contributed by atoms with Crippen LogP contribution >= 0.6 is 0 Å². The topological polar surface area (TPSA) is 113 Å². The van der Waals surface area contributed by atoms with Crippen molar-refractivity contribution in [1.29, 1.82) is 0 Å². The van der Waals surface area contributed by atoms with E-state index in [9.17, 15) is 12.8 Å². The summed E-state index contributed by atoms with van der Waals surface area (Å²) in [6.45, 7) is 0.0401. The molecule has 0 radical (unpaired) electrons. The molecule has 1 aromatic rings. The summed E-state index contributed by atoms with van der Waals surface area (Å²) in [5.74, 6) is -0.999. The third-order valence-corrected chi connectivity index (χ3v) is 4.00. The molecule has 0 saturated heterocycles. The van der Waals surface area contributed by atoms with E-state index in [4.69, 9.17) is 15.9 Å². The first-order chi connectivity index (χ1) is 8.24. The number of benzene rings is 1. The largest absolute Gasteiger partial charge is 0.399 e. The fourth-order valence-electron chi connectivity index (χ4n) is 1.23. The van der Waals surface area contributed by atoms with Crippen LogP contribution in [-0.4, -0.2) is 37.4 Å². The lowest BCUT2D eigenvalue weighted by Crippen LogP contribution is -2.51. The molecule has 18 heavy (non-hydrogen) atoms. The van der Waals surface area contributed by atoms with Gasteiger partial charge in [-0.15, -0.1) is 0 Å². The molecular formula is C10H15FN2O4S. The molecule has 0 aliphatic rings. The lowest BCUT2D eigenvalue weighted by Gasteiger charge is -2.25. The Morgan fingerprint density at radius 3 is 2.39 bits per heavy atom. The van der Waals surface area contributed by atoms with Gasteiger partial charge in [0.15, 0.2) is 0 Å². The maximum Gasteiger partial charge on any atom is 0.244 e. The van der Waals surface area contributed by atoms with E-state index in [0.29, 0.717) is 0 Å². The van der Waals surface area contributed by atoms with E-state index in [1.54, 1.807) is 0 Å². The number of hydrogen-bond donors (Lipinski definition) is 4. The van der Waals surface area contributed by atoms with Gasteiger partial charge in [0.05, 0.1) is 18.8 Å². The van der Waals surface area contributed by atoms with Gasteiger partial charge in [0.1, 0.15) is 10.7 Å². The van der Waals surface area contributed by atoms with Crippen molar-refractivity contribution in [3.63, 3.8) is 0 Å². The molecule has 102 valence electrons. The highest BCUT2D eigenvalue weighted by Crippen LogP contribution is 2.18. The van der Waals surface area contributed by atoms with E-state index in [1.807, 2.05) is 4.72 Å². The SMILES string of the molecule is CC(CO)(CO)NS(=O)(=O)c1ccc(N)cc1F. The van der Waals surface area contributed by atoms with Crippen molar-refractivity contribution in [2.75, 3.05) is 18.9 Å². The number of nitrogen functional groups attached to an aromatic ring is 1. The van der Waals surface area contributed by atoms with Gasteiger partial charge in [-0.1, -0.05) is 0 Å². The first kappa shape index (κ1) is 14.8. The van der Waals surface area contributed by atoms with Gasteiger partial charge in [0.25, 0.3) is 0 Å². The third kappa shape index (κ3) is 3.16. The summed E-state index contributed by atoms with van der Waals surface area (Å²) < 4.78 is 39.3. The molecule has 0 aromatic heterocycles. The molecule has 5 N–H and O–H groups in total. The standard InChI is InChI=1S/C10H15FN2O4S/c1-10(5-14,6-15)13-18(16,17)9-3-2-7(12)4-8(9)11/h2-4,13-15H,5-6,12H2,1H3. The van der Waals surface area contributed by atoms with Gasteiger partial charge in [-0.3, -0.25) is 0 Å². The van der Waals surface area contributed by atoms with E-state index in [-0.39, 0.29) is 5.69 Å². The number of sulfonamides is 1. The minimum Gasteiger partial charge on any atom is -0.399 e. The molecule has 1 aromatic carbocycles. The van der Waals surface area contributed by atoms with Crippen LogP contribution in [0.4, 0.5) is 10.1 Å². The lowest BCUT2D eigenvalue weighted by atomic mass is 10.1. The number of nitrogens with one attached hydrogen (secondary N) is 1. The monoisotopic (exact) mass is 278 g/mol. The number of aliphatic hydroxyl groups is 2. The Morgan fingerprint density at radius 1 is 1.39 bits per heavy atom. The molecule has 0 bridgehead atoms. The highest BCUT2D eigenvalue weighted by Gasteiger charge is 2.31. The summed E-state index contributed by atoms with van der Waals surface area (Å²) in [7, 11) is -4.19. The molecule has 0 atom stereocenters. The van der Waals surface area contributed by atoms with Gasteiger partial charge in [0.2, 0.25) is 10.0 Å². The number of aliphatic hydroxyl groups excluding tert-OH is 2. The van der Waals surface area contributed by atoms with Crippen molar-refractivity contribution in [3.05, 3.63) is 24.0 Å². The number of nitrogens with two attached hydrogens (primary N) is 1. The molecule has 0 aliphatic carbocycles. The maximum atomic E-state index is 13.5. The molecule has 0 saturated carbocycles. The predicted molar refractivity (Wildman–Crippen MR) is 63.7 cm³/mol. The van der Waals surface area contributed by atoms with Crippen LogP contribution in [0.5, 0.6) is 0 Å². The second-order valence-corrected chi connectivity index (χ2v) is 5.82. The Hall–Kier alpha value is -1.22. The number of hydrogen-bond acceptors (Lipinski definition) is 5. The van der Waals surface area contributed by atoms with Crippen LogP contribution in [0.3, 0.4) is 0 Å². The Bertz CT molecular complexity index is 529. The molecule has 8 heteroatoms. The smallest absolute Gasteiger partial charge is 0.244 e. The summed E-state index contributed by atoms with van der Waals surface area (Å²) in [4.78, 5) is -0.593. The number of anilines is 1. The van der Waals surface area contributed by atoms with E-state index in [1.165, 1.54) is 13.0 Å².